The summed E-state index contributed by atoms with van der Waals surface area (Å²) in [4.78, 5) is 11.3. The van der Waals surface area contributed by atoms with E-state index in [1.807, 2.05) is 37.3 Å². The highest BCUT2D eigenvalue weighted by atomic mass is 16.3. The van der Waals surface area contributed by atoms with Gasteiger partial charge in [-0.15, -0.1) is 0 Å². The second kappa shape index (κ2) is 8.75. The van der Waals surface area contributed by atoms with Crippen molar-refractivity contribution in [3.05, 3.63) is 47.8 Å². The van der Waals surface area contributed by atoms with Crippen LogP contribution in [0.5, 0.6) is 0 Å². The SMILES string of the molecule is CCCN(CCC)C[C@@H](O)c1cnc(-c2ccccc2)nc1C. The second-order valence-electron chi connectivity index (χ2n) is 5.92. The number of hydrogen-bond acceptors (Lipinski definition) is 4. The highest BCUT2D eigenvalue weighted by Crippen LogP contribution is 2.20. The van der Waals surface area contributed by atoms with Gasteiger partial charge in [0.15, 0.2) is 5.82 Å². The zero-order valence-corrected chi connectivity index (χ0v) is 14.4. The first-order valence-corrected chi connectivity index (χ1v) is 8.45. The fourth-order valence-corrected chi connectivity index (χ4v) is 2.80. The lowest BCUT2D eigenvalue weighted by molar-refractivity contribution is 0.112. The summed E-state index contributed by atoms with van der Waals surface area (Å²) >= 11 is 0. The second-order valence-corrected chi connectivity index (χ2v) is 5.92. The minimum atomic E-state index is -0.544. The van der Waals surface area contributed by atoms with Crippen molar-refractivity contribution in [3.63, 3.8) is 0 Å². The number of aromatic nitrogens is 2. The number of aryl methyl sites for hydroxylation is 1. The molecule has 0 spiro atoms. The molecule has 23 heavy (non-hydrogen) atoms. The molecular weight excluding hydrogens is 286 g/mol. The van der Waals surface area contributed by atoms with Crippen LogP contribution in [0.4, 0.5) is 0 Å². The lowest BCUT2D eigenvalue weighted by Crippen LogP contribution is -2.30. The summed E-state index contributed by atoms with van der Waals surface area (Å²) in [5.74, 6) is 0.707. The van der Waals surface area contributed by atoms with Crippen molar-refractivity contribution in [1.29, 1.82) is 0 Å². The fourth-order valence-electron chi connectivity index (χ4n) is 2.80. The Bertz CT molecular complexity index is 595. The first kappa shape index (κ1) is 17.6. The summed E-state index contributed by atoms with van der Waals surface area (Å²) in [6.45, 7) is 8.92. The number of benzene rings is 1. The molecule has 1 N–H and O–H groups in total. The Labute approximate surface area is 139 Å². The van der Waals surface area contributed by atoms with Crippen LogP contribution in [0.25, 0.3) is 11.4 Å². The van der Waals surface area contributed by atoms with Crippen molar-refractivity contribution in [2.45, 2.75) is 39.7 Å². The molecule has 0 radical (unpaired) electrons. The smallest absolute Gasteiger partial charge is 0.159 e. The highest BCUT2D eigenvalue weighted by molar-refractivity contribution is 5.54. The van der Waals surface area contributed by atoms with Crippen LogP contribution in [-0.4, -0.2) is 39.6 Å². The topological polar surface area (TPSA) is 49.2 Å². The number of rotatable bonds is 8. The molecule has 1 aromatic heterocycles. The molecule has 1 atom stereocenters. The fraction of sp³-hybridized carbons (Fsp3) is 0.474. The summed E-state index contributed by atoms with van der Waals surface area (Å²) < 4.78 is 0. The highest BCUT2D eigenvalue weighted by Gasteiger charge is 2.16. The van der Waals surface area contributed by atoms with Gasteiger partial charge in [-0.05, 0) is 32.9 Å². The molecule has 0 unspecified atom stereocenters. The molecule has 4 heteroatoms. The molecule has 4 nitrogen and oxygen atoms in total. The number of nitrogens with zero attached hydrogens (tertiary/aromatic N) is 3. The van der Waals surface area contributed by atoms with E-state index in [0.29, 0.717) is 12.4 Å². The summed E-state index contributed by atoms with van der Waals surface area (Å²) in [5.41, 5.74) is 2.66. The van der Waals surface area contributed by atoms with Crippen molar-refractivity contribution < 1.29 is 5.11 Å². The van der Waals surface area contributed by atoms with Gasteiger partial charge in [0.05, 0.1) is 6.10 Å². The van der Waals surface area contributed by atoms with Crippen LogP contribution in [-0.2, 0) is 0 Å². The lowest BCUT2D eigenvalue weighted by atomic mass is 10.1. The van der Waals surface area contributed by atoms with Crippen LogP contribution in [0.3, 0.4) is 0 Å². The molecule has 0 saturated heterocycles. The first-order valence-electron chi connectivity index (χ1n) is 8.45. The Morgan fingerprint density at radius 2 is 1.74 bits per heavy atom. The summed E-state index contributed by atoms with van der Waals surface area (Å²) in [7, 11) is 0. The van der Waals surface area contributed by atoms with Gasteiger partial charge in [0.2, 0.25) is 0 Å². The Kier molecular flexibility index (Phi) is 6.68. The zero-order chi connectivity index (χ0) is 16.7. The maximum Gasteiger partial charge on any atom is 0.159 e. The van der Waals surface area contributed by atoms with Crippen LogP contribution in [0, 0.1) is 6.92 Å². The number of hydrogen-bond donors (Lipinski definition) is 1. The molecule has 0 aliphatic heterocycles. The molecule has 0 fully saturated rings. The van der Waals surface area contributed by atoms with Gasteiger partial charge >= 0.3 is 0 Å². The average molecular weight is 313 g/mol. The van der Waals surface area contributed by atoms with Gasteiger partial charge < -0.3 is 10.0 Å². The zero-order valence-electron chi connectivity index (χ0n) is 14.4. The van der Waals surface area contributed by atoms with Crippen LogP contribution >= 0.6 is 0 Å². The summed E-state index contributed by atoms with van der Waals surface area (Å²) in [6.07, 6.45) is 3.41. The van der Waals surface area contributed by atoms with Crippen molar-refractivity contribution in [3.8, 4) is 11.4 Å². The Balaban J connectivity index is 2.13. The Morgan fingerprint density at radius 3 is 2.30 bits per heavy atom. The van der Waals surface area contributed by atoms with E-state index < -0.39 is 6.10 Å². The van der Waals surface area contributed by atoms with Crippen LogP contribution in [0.15, 0.2) is 36.5 Å². The van der Waals surface area contributed by atoms with E-state index in [9.17, 15) is 5.11 Å². The molecule has 0 aliphatic carbocycles. The largest absolute Gasteiger partial charge is 0.387 e. The van der Waals surface area contributed by atoms with Crippen molar-refractivity contribution in [2.75, 3.05) is 19.6 Å². The molecule has 124 valence electrons. The third-order valence-corrected chi connectivity index (χ3v) is 3.92. The molecule has 0 bridgehead atoms. The van der Waals surface area contributed by atoms with E-state index in [1.165, 1.54) is 0 Å². The van der Waals surface area contributed by atoms with E-state index in [4.69, 9.17) is 0 Å². The minimum Gasteiger partial charge on any atom is -0.387 e. The quantitative estimate of drug-likeness (QED) is 0.809. The predicted octanol–water partition coefficient (Wildman–Crippen LogP) is 3.61. The number of aliphatic hydroxyl groups excluding tert-OH is 1. The van der Waals surface area contributed by atoms with Crippen LogP contribution in [0.2, 0.25) is 0 Å². The standard InChI is InChI=1S/C19H27N3O/c1-4-11-22(12-5-2)14-18(23)17-13-20-19(21-15(17)3)16-9-7-6-8-10-16/h6-10,13,18,23H,4-5,11-12,14H2,1-3H3/t18-/m1/s1. The first-order chi connectivity index (χ1) is 11.2. The minimum absolute atomic E-state index is 0.544. The van der Waals surface area contributed by atoms with E-state index in [1.54, 1.807) is 6.20 Å². The maximum atomic E-state index is 10.6. The predicted molar refractivity (Wildman–Crippen MR) is 94.2 cm³/mol. The lowest BCUT2D eigenvalue weighted by Gasteiger charge is -2.24. The molecule has 2 aromatic rings. The number of aliphatic hydroxyl groups is 1. The average Bonchev–Trinajstić information content (AvgIpc) is 2.56. The molecule has 0 saturated carbocycles. The van der Waals surface area contributed by atoms with E-state index in [2.05, 4.69) is 28.7 Å². The summed E-state index contributed by atoms with van der Waals surface area (Å²) in [5, 5.41) is 10.6. The van der Waals surface area contributed by atoms with Crippen molar-refractivity contribution in [1.82, 2.24) is 14.9 Å². The Morgan fingerprint density at radius 1 is 1.09 bits per heavy atom. The maximum absolute atomic E-state index is 10.6. The van der Waals surface area contributed by atoms with Crippen molar-refractivity contribution in [2.24, 2.45) is 0 Å². The monoisotopic (exact) mass is 313 g/mol. The van der Waals surface area contributed by atoms with Gasteiger partial charge in [0, 0.05) is 29.6 Å². The van der Waals surface area contributed by atoms with Gasteiger partial charge in [0.1, 0.15) is 0 Å². The van der Waals surface area contributed by atoms with Gasteiger partial charge in [0.25, 0.3) is 0 Å². The molecule has 1 heterocycles. The summed E-state index contributed by atoms with van der Waals surface area (Å²) in [6, 6.07) is 9.92. The van der Waals surface area contributed by atoms with Gasteiger partial charge in [-0.2, -0.15) is 0 Å². The van der Waals surface area contributed by atoms with E-state index in [-0.39, 0.29) is 0 Å². The Hall–Kier alpha value is -1.78. The molecule has 1 aromatic carbocycles. The van der Waals surface area contributed by atoms with Crippen LogP contribution < -0.4 is 0 Å². The van der Waals surface area contributed by atoms with Crippen LogP contribution in [0.1, 0.15) is 44.1 Å². The van der Waals surface area contributed by atoms with Gasteiger partial charge in [-0.25, -0.2) is 9.97 Å². The molecular formula is C19H27N3O. The van der Waals surface area contributed by atoms with E-state index >= 15 is 0 Å². The van der Waals surface area contributed by atoms with Gasteiger partial charge in [-0.1, -0.05) is 44.2 Å². The van der Waals surface area contributed by atoms with Crippen molar-refractivity contribution >= 4 is 0 Å². The third-order valence-electron chi connectivity index (χ3n) is 3.92. The van der Waals surface area contributed by atoms with Gasteiger partial charge in [-0.3, -0.25) is 0 Å². The van der Waals surface area contributed by atoms with E-state index in [0.717, 1.165) is 42.8 Å². The molecule has 2 rings (SSSR count). The normalized spacial score (nSPS) is 12.6. The molecule has 0 amide bonds. The molecule has 0 aliphatic rings. The third kappa shape index (κ3) is 4.85.